The molecule has 4 heteroatoms. The second-order valence-corrected chi connectivity index (χ2v) is 4.21. The third-order valence-corrected chi connectivity index (χ3v) is 2.63. The summed E-state index contributed by atoms with van der Waals surface area (Å²) in [6.45, 7) is 10.8. The van der Waals surface area contributed by atoms with Gasteiger partial charge in [0, 0.05) is 26.3 Å². The SMILES string of the molecule is C=CCNCc1ccc(OCC(OCC)OCC)cc1. The fourth-order valence-corrected chi connectivity index (χ4v) is 1.70. The van der Waals surface area contributed by atoms with Crippen molar-refractivity contribution in [2.24, 2.45) is 0 Å². The number of rotatable bonds is 11. The summed E-state index contributed by atoms with van der Waals surface area (Å²) >= 11 is 0. The highest BCUT2D eigenvalue weighted by Crippen LogP contribution is 2.13. The number of hydrogen-bond donors (Lipinski definition) is 1. The monoisotopic (exact) mass is 279 g/mol. The zero-order valence-electron chi connectivity index (χ0n) is 12.4. The molecule has 0 aliphatic heterocycles. The summed E-state index contributed by atoms with van der Waals surface area (Å²) in [5, 5.41) is 3.26. The van der Waals surface area contributed by atoms with Crippen LogP contribution in [-0.2, 0) is 16.0 Å². The van der Waals surface area contributed by atoms with E-state index >= 15 is 0 Å². The van der Waals surface area contributed by atoms with E-state index in [-0.39, 0.29) is 6.29 Å². The summed E-state index contributed by atoms with van der Waals surface area (Å²) < 4.78 is 16.5. The second kappa shape index (κ2) is 10.4. The lowest BCUT2D eigenvalue weighted by Crippen LogP contribution is -2.25. The second-order valence-electron chi connectivity index (χ2n) is 4.21. The number of nitrogens with one attached hydrogen (secondary N) is 1. The molecule has 4 nitrogen and oxygen atoms in total. The first-order chi connectivity index (χ1) is 9.80. The van der Waals surface area contributed by atoms with E-state index in [1.807, 2.05) is 44.2 Å². The molecule has 0 unspecified atom stereocenters. The Morgan fingerprint density at radius 1 is 1.15 bits per heavy atom. The summed E-state index contributed by atoms with van der Waals surface area (Å²) in [7, 11) is 0. The molecule has 1 N–H and O–H groups in total. The highest BCUT2D eigenvalue weighted by molar-refractivity contribution is 5.27. The Labute approximate surface area is 121 Å². The van der Waals surface area contributed by atoms with Crippen LogP contribution < -0.4 is 10.1 Å². The smallest absolute Gasteiger partial charge is 0.191 e. The third-order valence-electron chi connectivity index (χ3n) is 2.63. The first kappa shape index (κ1) is 16.7. The predicted molar refractivity (Wildman–Crippen MR) is 80.9 cm³/mol. The van der Waals surface area contributed by atoms with E-state index in [2.05, 4.69) is 11.9 Å². The minimum absolute atomic E-state index is 0.307. The molecule has 0 aliphatic carbocycles. The maximum Gasteiger partial charge on any atom is 0.191 e. The maximum absolute atomic E-state index is 5.67. The van der Waals surface area contributed by atoms with Crippen LogP contribution >= 0.6 is 0 Å². The van der Waals surface area contributed by atoms with Crippen molar-refractivity contribution in [1.82, 2.24) is 5.32 Å². The van der Waals surface area contributed by atoms with Crippen LogP contribution in [0.4, 0.5) is 0 Å². The minimum Gasteiger partial charge on any atom is -0.488 e. The van der Waals surface area contributed by atoms with Gasteiger partial charge in [0.2, 0.25) is 0 Å². The van der Waals surface area contributed by atoms with E-state index in [1.165, 1.54) is 5.56 Å². The molecule has 112 valence electrons. The van der Waals surface area contributed by atoms with Gasteiger partial charge in [0.1, 0.15) is 12.4 Å². The summed E-state index contributed by atoms with van der Waals surface area (Å²) in [5.41, 5.74) is 1.21. The molecule has 0 fully saturated rings. The Bertz CT molecular complexity index is 358. The van der Waals surface area contributed by atoms with Crippen molar-refractivity contribution in [3.8, 4) is 5.75 Å². The number of ether oxygens (including phenoxy) is 3. The topological polar surface area (TPSA) is 39.7 Å². The molecular weight excluding hydrogens is 254 g/mol. The molecule has 0 amide bonds. The molecule has 1 aromatic carbocycles. The first-order valence-electron chi connectivity index (χ1n) is 7.06. The van der Waals surface area contributed by atoms with Gasteiger partial charge < -0.3 is 19.5 Å². The number of hydrogen-bond acceptors (Lipinski definition) is 4. The van der Waals surface area contributed by atoms with Crippen molar-refractivity contribution in [2.45, 2.75) is 26.7 Å². The van der Waals surface area contributed by atoms with Crippen molar-refractivity contribution < 1.29 is 14.2 Å². The van der Waals surface area contributed by atoms with Crippen LogP contribution in [0.25, 0.3) is 0 Å². The molecular formula is C16H25NO3. The van der Waals surface area contributed by atoms with Crippen molar-refractivity contribution in [3.63, 3.8) is 0 Å². The van der Waals surface area contributed by atoms with Crippen LogP contribution in [0.3, 0.4) is 0 Å². The highest BCUT2D eigenvalue weighted by atomic mass is 16.7. The van der Waals surface area contributed by atoms with E-state index in [0.717, 1.165) is 18.8 Å². The summed E-state index contributed by atoms with van der Waals surface area (Å²) in [6, 6.07) is 8.00. The zero-order valence-corrected chi connectivity index (χ0v) is 12.4. The molecule has 0 radical (unpaired) electrons. The molecule has 0 aromatic heterocycles. The fraction of sp³-hybridized carbons (Fsp3) is 0.500. The van der Waals surface area contributed by atoms with Crippen LogP contribution in [0.2, 0.25) is 0 Å². The van der Waals surface area contributed by atoms with Gasteiger partial charge in [0.15, 0.2) is 6.29 Å². The van der Waals surface area contributed by atoms with Gasteiger partial charge >= 0.3 is 0 Å². The average Bonchev–Trinajstić information content (AvgIpc) is 2.47. The van der Waals surface area contributed by atoms with Gasteiger partial charge in [-0.05, 0) is 31.5 Å². The average molecular weight is 279 g/mol. The number of benzene rings is 1. The van der Waals surface area contributed by atoms with Crippen molar-refractivity contribution in [2.75, 3.05) is 26.4 Å². The Kier molecular flexibility index (Phi) is 8.71. The zero-order chi connectivity index (χ0) is 14.6. The molecule has 20 heavy (non-hydrogen) atoms. The molecule has 0 aliphatic rings. The van der Waals surface area contributed by atoms with Crippen molar-refractivity contribution >= 4 is 0 Å². The van der Waals surface area contributed by atoms with Gasteiger partial charge in [-0.25, -0.2) is 0 Å². The predicted octanol–water partition coefficient (Wildman–Crippen LogP) is 2.74. The molecule has 1 rings (SSSR count). The molecule has 0 saturated heterocycles. The highest BCUT2D eigenvalue weighted by Gasteiger charge is 2.08. The third kappa shape index (κ3) is 6.70. The molecule has 0 heterocycles. The van der Waals surface area contributed by atoms with Crippen LogP contribution in [0, 0.1) is 0 Å². The van der Waals surface area contributed by atoms with E-state index in [9.17, 15) is 0 Å². The van der Waals surface area contributed by atoms with Gasteiger partial charge in [-0.15, -0.1) is 6.58 Å². The first-order valence-corrected chi connectivity index (χ1v) is 7.06. The molecule has 0 bridgehead atoms. The fourth-order valence-electron chi connectivity index (χ4n) is 1.70. The minimum atomic E-state index is -0.307. The molecule has 0 spiro atoms. The Morgan fingerprint density at radius 2 is 1.80 bits per heavy atom. The van der Waals surface area contributed by atoms with Gasteiger partial charge in [-0.3, -0.25) is 0 Å². The summed E-state index contributed by atoms with van der Waals surface area (Å²) in [6.07, 6.45) is 1.54. The molecule has 0 atom stereocenters. The lowest BCUT2D eigenvalue weighted by molar-refractivity contribution is -0.152. The van der Waals surface area contributed by atoms with Gasteiger partial charge in [-0.1, -0.05) is 18.2 Å². The summed E-state index contributed by atoms with van der Waals surface area (Å²) in [5.74, 6) is 0.821. The normalized spacial score (nSPS) is 10.8. The maximum atomic E-state index is 5.67. The summed E-state index contributed by atoms with van der Waals surface area (Å²) in [4.78, 5) is 0. The molecule has 0 saturated carbocycles. The van der Waals surface area contributed by atoms with E-state index in [0.29, 0.717) is 19.8 Å². The Balaban J connectivity index is 2.37. The lowest BCUT2D eigenvalue weighted by Gasteiger charge is -2.17. The largest absolute Gasteiger partial charge is 0.488 e. The van der Waals surface area contributed by atoms with Crippen molar-refractivity contribution in [1.29, 1.82) is 0 Å². The van der Waals surface area contributed by atoms with E-state index in [1.54, 1.807) is 0 Å². The molecule has 1 aromatic rings. The van der Waals surface area contributed by atoms with E-state index < -0.39 is 0 Å². The van der Waals surface area contributed by atoms with Crippen LogP contribution in [0.1, 0.15) is 19.4 Å². The van der Waals surface area contributed by atoms with Gasteiger partial charge in [-0.2, -0.15) is 0 Å². The van der Waals surface area contributed by atoms with Gasteiger partial charge in [0.25, 0.3) is 0 Å². The van der Waals surface area contributed by atoms with Crippen LogP contribution in [-0.4, -0.2) is 32.7 Å². The Morgan fingerprint density at radius 3 is 2.35 bits per heavy atom. The quantitative estimate of drug-likeness (QED) is 0.384. The Hall–Kier alpha value is -1.36. The van der Waals surface area contributed by atoms with Crippen LogP contribution in [0.15, 0.2) is 36.9 Å². The van der Waals surface area contributed by atoms with Gasteiger partial charge in [0.05, 0.1) is 0 Å². The standard InChI is InChI=1S/C16H25NO3/c1-4-11-17-12-14-7-9-15(10-8-14)20-13-16(18-5-2)19-6-3/h4,7-10,16-17H,1,5-6,11-13H2,2-3H3. The van der Waals surface area contributed by atoms with Crippen LogP contribution in [0.5, 0.6) is 5.75 Å². The lowest BCUT2D eigenvalue weighted by atomic mass is 10.2. The van der Waals surface area contributed by atoms with E-state index in [4.69, 9.17) is 14.2 Å². The van der Waals surface area contributed by atoms with Crippen molar-refractivity contribution in [3.05, 3.63) is 42.5 Å².